The minimum Gasteiger partial charge on any atom is -0.481 e. The number of nitrogens with zero attached hydrogens (tertiary/aromatic N) is 1. The minimum atomic E-state index is -0.717. The van der Waals surface area contributed by atoms with Crippen molar-refractivity contribution in [2.75, 3.05) is 5.73 Å². The normalized spacial score (nSPS) is 12.7. The number of rotatable bonds is 4. The summed E-state index contributed by atoms with van der Waals surface area (Å²) < 4.78 is 0. The van der Waals surface area contributed by atoms with E-state index in [1.54, 1.807) is 0 Å². The van der Waals surface area contributed by atoms with Crippen molar-refractivity contribution < 1.29 is 9.90 Å². The van der Waals surface area contributed by atoms with Crippen LogP contribution >= 0.6 is 0 Å². The van der Waals surface area contributed by atoms with Crippen molar-refractivity contribution in [3.05, 3.63) is 71.4 Å². The Hall–Kier alpha value is -2.88. The lowest BCUT2D eigenvalue weighted by molar-refractivity contribution is -0.137. The van der Waals surface area contributed by atoms with Gasteiger partial charge in [-0.3, -0.25) is 9.78 Å². The van der Waals surface area contributed by atoms with Crippen molar-refractivity contribution in [2.24, 2.45) is 0 Å². The first kappa shape index (κ1) is 18.9. The van der Waals surface area contributed by atoms with Gasteiger partial charge in [0.05, 0.1) is 5.52 Å². The minimum absolute atomic E-state index is 0.259. The lowest BCUT2D eigenvalue weighted by Crippen LogP contribution is -2.09. The summed E-state index contributed by atoms with van der Waals surface area (Å²) in [5.74, 6) is -0.717. The Labute approximate surface area is 160 Å². The second-order valence-corrected chi connectivity index (χ2v) is 6.91. The molecule has 1 heterocycles. The van der Waals surface area contributed by atoms with Gasteiger partial charge in [0.15, 0.2) is 0 Å². The first-order chi connectivity index (χ1) is 13.1. The number of nitrogens with two attached hydrogens (primary N) is 1. The van der Waals surface area contributed by atoms with Crippen LogP contribution in [0.1, 0.15) is 42.5 Å². The van der Waals surface area contributed by atoms with Crippen LogP contribution in [0.4, 0.5) is 5.69 Å². The quantitative estimate of drug-likeness (QED) is 0.699. The summed E-state index contributed by atoms with van der Waals surface area (Å²) in [6, 6.07) is 18.1. The highest BCUT2D eigenvalue weighted by molar-refractivity contribution is 5.92. The maximum Gasteiger partial charge on any atom is 0.303 e. The predicted molar refractivity (Wildman–Crippen MR) is 110 cm³/mol. The average Bonchev–Trinajstić information content (AvgIpc) is 2.69. The molecular weight excluding hydrogens is 336 g/mol. The Kier molecular flexibility index (Phi) is 6.42. The van der Waals surface area contributed by atoms with Crippen molar-refractivity contribution in [3.8, 4) is 0 Å². The Morgan fingerprint density at radius 2 is 1.70 bits per heavy atom. The van der Waals surface area contributed by atoms with Crippen molar-refractivity contribution in [1.82, 2.24) is 4.98 Å². The largest absolute Gasteiger partial charge is 0.481 e. The van der Waals surface area contributed by atoms with Crippen molar-refractivity contribution in [1.29, 1.82) is 0 Å². The second kappa shape index (κ2) is 9.17. The number of hydrogen-bond acceptors (Lipinski definition) is 3. The molecule has 2 aromatic carbocycles. The standard InChI is InChI=1S/C13H14N2.C10H12O2/c14-13-9-5-1-3-7-11(9)15-12-8-4-2-6-10(12)13;11-10(12)8-4-7-9-5-2-1-3-6-9/h1,3,5,7H,2,4,6,8H2,(H2,14,15);1-3,5-6H,4,7-8H2,(H,11,12). The van der Waals surface area contributed by atoms with E-state index < -0.39 is 5.97 Å². The molecule has 4 rings (SSSR count). The van der Waals surface area contributed by atoms with Crippen LogP contribution in [0.25, 0.3) is 10.9 Å². The third-order valence-corrected chi connectivity index (χ3v) is 4.91. The van der Waals surface area contributed by atoms with Gasteiger partial charge in [0.2, 0.25) is 0 Å². The number of aryl methyl sites for hydroxylation is 2. The average molecular weight is 362 g/mol. The van der Waals surface area contributed by atoms with E-state index in [4.69, 9.17) is 15.8 Å². The van der Waals surface area contributed by atoms with E-state index in [2.05, 4.69) is 6.07 Å². The highest BCUT2D eigenvalue weighted by atomic mass is 16.4. The molecule has 4 heteroatoms. The molecule has 0 aliphatic heterocycles. The number of fused-ring (bicyclic) bond motifs is 2. The van der Waals surface area contributed by atoms with E-state index in [1.807, 2.05) is 48.5 Å². The third-order valence-electron chi connectivity index (χ3n) is 4.91. The number of nitrogen functional groups attached to an aromatic ring is 1. The Morgan fingerprint density at radius 3 is 2.48 bits per heavy atom. The zero-order valence-electron chi connectivity index (χ0n) is 15.5. The molecule has 3 N–H and O–H groups in total. The van der Waals surface area contributed by atoms with E-state index >= 15 is 0 Å². The number of para-hydroxylation sites is 1. The van der Waals surface area contributed by atoms with Gasteiger partial charge in [0.25, 0.3) is 0 Å². The number of aliphatic carboxylic acids is 1. The van der Waals surface area contributed by atoms with Crippen LogP contribution in [0.5, 0.6) is 0 Å². The van der Waals surface area contributed by atoms with Crippen molar-refractivity contribution in [2.45, 2.75) is 44.9 Å². The molecule has 27 heavy (non-hydrogen) atoms. The number of hydrogen-bond donors (Lipinski definition) is 2. The highest BCUT2D eigenvalue weighted by Gasteiger charge is 2.15. The smallest absolute Gasteiger partial charge is 0.303 e. The van der Waals surface area contributed by atoms with Crippen molar-refractivity contribution in [3.63, 3.8) is 0 Å². The highest BCUT2D eigenvalue weighted by Crippen LogP contribution is 2.30. The number of carboxylic acids is 1. The summed E-state index contributed by atoms with van der Waals surface area (Å²) in [5, 5.41) is 9.50. The molecule has 0 amide bonds. The molecule has 0 saturated heterocycles. The summed E-state index contributed by atoms with van der Waals surface area (Å²) >= 11 is 0. The number of anilines is 1. The lowest BCUT2D eigenvalue weighted by atomic mass is 9.93. The summed E-state index contributed by atoms with van der Waals surface area (Å²) in [7, 11) is 0. The summed E-state index contributed by atoms with van der Waals surface area (Å²) in [6.07, 6.45) is 6.51. The van der Waals surface area contributed by atoms with Crippen LogP contribution in [0.2, 0.25) is 0 Å². The SMILES string of the molecule is Nc1c2c(nc3ccccc13)CCCC2.O=C(O)CCCc1ccccc1. The van der Waals surface area contributed by atoms with Crippen LogP contribution in [0.15, 0.2) is 54.6 Å². The molecule has 1 aliphatic carbocycles. The molecule has 1 aromatic heterocycles. The molecule has 0 fully saturated rings. The summed E-state index contributed by atoms with van der Waals surface area (Å²) in [6.45, 7) is 0. The van der Waals surface area contributed by atoms with Gasteiger partial charge in [-0.1, -0.05) is 48.5 Å². The van der Waals surface area contributed by atoms with Crippen LogP contribution < -0.4 is 5.73 Å². The van der Waals surface area contributed by atoms with Crippen molar-refractivity contribution >= 4 is 22.6 Å². The summed E-state index contributed by atoms with van der Waals surface area (Å²) in [5.41, 5.74) is 11.9. The van der Waals surface area contributed by atoms with Gasteiger partial charge in [0, 0.05) is 23.2 Å². The molecule has 0 unspecified atom stereocenters. The molecule has 1 aliphatic rings. The number of aromatic nitrogens is 1. The van der Waals surface area contributed by atoms with E-state index in [9.17, 15) is 4.79 Å². The molecule has 3 aromatic rings. The first-order valence-corrected chi connectivity index (χ1v) is 9.57. The fraction of sp³-hybridized carbons (Fsp3) is 0.304. The predicted octanol–water partition coefficient (Wildman–Crippen LogP) is 4.79. The maximum absolute atomic E-state index is 10.2. The molecule has 4 nitrogen and oxygen atoms in total. The van der Waals surface area contributed by atoms with Gasteiger partial charge in [-0.05, 0) is 55.7 Å². The number of carbonyl (C=O) groups is 1. The van der Waals surface area contributed by atoms with Gasteiger partial charge in [-0.2, -0.15) is 0 Å². The molecular formula is C23H26N2O2. The zero-order valence-corrected chi connectivity index (χ0v) is 15.5. The maximum atomic E-state index is 10.2. The van der Waals surface area contributed by atoms with E-state index in [1.165, 1.54) is 29.7 Å². The van der Waals surface area contributed by atoms with Gasteiger partial charge < -0.3 is 10.8 Å². The monoisotopic (exact) mass is 362 g/mol. The van der Waals surface area contributed by atoms with Crippen LogP contribution in [-0.4, -0.2) is 16.1 Å². The Bertz CT molecular complexity index is 907. The molecule has 0 atom stereocenters. The van der Waals surface area contributed by atoms with E-state index in [0.29, 0.717) is 0 Å². The molecule has 0 radical (unpaired) electrons. The topological polar surface area (TPSA) is 76.2 Å². The van der Waals surface area contributed by atoms with Crippen LogP contribution in [0, 0.1) is 0 Å². The van der Waals surface area contributed by atoms with Gasteiger partial charge in [0.1, 0.15) is 0 Å². The fourth-order valence-corrected chi connectivity index (χ4v) is 3.50. The second-order valence-electron chi connectivity index (χ2n) is 6.91. The zero-order chi connectivity index (χ0) is 19.1. The Morgan fingerprint density at radius 1 is 1.00 bits per heavy atom. The van der Waals surface area contributed by atoms with Crippen LogP contribution in [-0.2, 0) is 24.1 Å². The number of carboxylic acid groups (broad SMARTS) is 1. The summed E-state index contributed by atoms with van der Waals surface area (Å²) in [4.78, 5) is 14.9. The van der Waals surface area contributed by atoms with Gasteiger partial charge in [-0.15, -0.1) is 0 Å². The lowest BCUT2D eigenvalue weighted by Gasteiger charge is -2.18. The van der Waals surface area contributed by atoms with Crippen LogP contribution in [0.3, 0.4) is 0 Å². The Balaban J connectivity index is 0.000000161. The molecule has 0 spiro atoms. The van der Waals surface area contributed by atoms with E-state index in [0.717, 1.165) is 42.3 Å². The molecule has 0 saturated carbocycles. The third kappa shape index (κ3) is 5.07. The number of benzene rings is 2. The number of pyridine rings is 1. The molecule has 0 bridgehead atoms. The van der Waals surface area contributed by atoms with E-state index in [-0.39, 0.29) is 6.42 Å². The fourth-order valence-electron chi connectivity index (χ4n) is 3.50. The molecule has 140 valence electrons. The first-order valence-electron chi connectivity index (χ1n) is 9.57. The van der Waals surface area contributed by atoms with Gasteiger partial charge >= 0.3 is 5.97 Å². The van der Waals surface area contributed by atoms with Gasteiger partial charge in [-0.25, -0.2) is 0 Å².